The fraction of sp³-hybridized carbons (Fsp3) is 0.400. The molecule has 1 aromatic carbocycles. The SMILES string of the molecule is CC(O)CCOc1cc(F)c(Cl)cc1Br. The average molecular weight is 298 g/mol. The van der Waals surface area contributed by atoms with Gasteiger partial charge in [0.25, 0.3) is 0 Å². The average Bonchev–Trinajstić information content (AvgIpc) is 2.13. The molecular formula is C10H11BrClFO2. The molecule has 0 saturated heterocycles. The van der Waals surface area contributed by atoms with Gasteiger partial charge in [0.2, 0.25) is 0 Å². The van der Waals surface area contributed by atoms with Crippen LogP contribution in [-0.2, 0) is 0 Å². The standard InChI is InChI=1S/C10H11BrClFO2/c1-6(14)2-3-15-10-5-9(13)8(12)4-7(10)11/h4-6,14H,2-3H2,1H3. The van der Waals surface area contributed by atoms with E-state index in [0.29, 0.717) is 23.2 Å². The van der Waals surface area contributed by atoms with Crippen molar-refractivity contribution in [1.29, 1.82) is 0 Å². The summed E-state index contributed by atoms with van der Waals surface area (Å²) in [4.78, 5) is 0. The smallest absolute Gasteiger partial charge is 0.145 e. The van der Waals surface area contributed by atoms with Gasteiger partial charge in [0.15, 0.2) is 0 Å². The minimum atomic E-state index is -0.521. The van der Waals surface area contributed by atoms with Crippen LogP contribution in [0.15, 0.2) is 16.6 Å². The lowest BCUT2D eigenvalue weighted by Crippen LogP contribution is -2.07. The van der Waals surface area contributed by atoms with E-state index in [4.69, 9.17) is 21.4 Å². The summed E-state index contributed by atoms with van der Waals surface area (Å²) in [5, 5.41) is 9.06. The van der Waals surface area contributed by atoms with Crippen LogP contribution in [0.25, 0.3) is 0 Å². The molecule has 0 aliphatic heterocycles. The first kappa shape index (κ1) is 12.7. The van der Waals surface area contributed by atoms with Gasteiger partial charge in [-0.05, 0) is 28.9 Å². The summed E-state index contributed by atoms with van der Waals surface area (Å²) < 4.78 is 18.9. The van der Waals surface area contributed by atoms with Gasteiger partial charge in [-0.1, -0.05) is 11.6 Å². The fourth-order valence-corrected chi connectivity index (χ4v) is 1.71. The first-order chi connectivity index (χ1) is 7.00. The van der Waals surface area contributed by atoms with Gasteiger partial charge in [0.1, 0.15) is 11.6 Å². The predicted octanol–water partition coefficient (Wildman–Crippen LogP) is 3.39. The van der Waals surface area contributed by atoms with Crippen molar-refractivity contribution in [2.45, 2.75) is 19.4 Å². The fourth-order valence-electron chi connectivity index (χ4n) is 0.954. The molecule has 1 N–H and O–H groups in total. The second kappa shape index (κ2) is 5.68. The molecule has 0 heterocycles. The van der Waals surface area contributed by atoms with Crippen LogP contribution >= 0.6 is 27.5 Å². The number of rotatable bonds is 4. The molecule has 0 amide bonds. The Morgan fingerprint density at radius 2 is 2.27 bits per heavy atom. The highest BCUT2D eigenvalue weighted by Gasteiger charge is 2.08. The zero-order chi connectivity index (χ0) is 11.4. The minimum Gasteiger partial charge on any atom is -0.492 e. The van der Waals surface area contributed by atoms with Crippen LogP contribution in [0.5, 0.6) is 5.75 Å². The van der Waals surface area contributed by atoms with Gasteiger partial charge >= 0.3 is 0 Å². The maximum atomic E-state index is 13.1. The summed E-state index contributed by atoms with van der Waals surface area (Å²) in [6.45, 7) is 2.00. The molecule has 0 saturated carbocycles. The normalized spacial score (nSPS) is 12.6. The van der Waals surface area contributed by atoms with Crippen LogP contribution in [0, 0.1) is 5.82 Å². The largest absolute Gasteiger partial charge is 0.492 e. The van der Waals surface area contributed by atoms with Gasteiger partial charge in [-0.2, -0.15) is 0 Å². The minimum absolute atomic E-state index is 0.0461. The van der Waals surface area contributed by atoms with Gasteiger partial charge in [-0.25, -0.2) is 4.39 Å². The number of halogens is 3. The zero-order valence-corrected chi connectivity index (χ0v) is 10.5. The van der Waals surface area contributed by atoms with Crippen LogP contribution in [0.1, 0.15) is 13.3 Å². The van der Waals surface area contributed by atoms with E-state index in [1.165, 1.54) is 12.1 Å². The molecule has 15 heavy (non-hydrogen) atoms. The number of hydrogen-bond acceptors (Lipinski definition) is 2. The Kier molecular flexibility index (Phi) is 4.83. The second-order valence-electron chi connectivity index (χ2n) is 3.18. The number of ether oxygens (including phenoxy) is 1. The van der Waals surface area contributed by atoms with E-state index in [9.17, 15) is 4.39 Å². The second-order valence-corrected chi connectivity index (χ2v) is 4.44. The molecule has 1 aromatic rings. The summed E-state index contributed by atoms with van der Waals surface area (Å²) in [6, 6.07) is 2.66. The Balaban J connectivity index is 2.65. The lowest BCUT2D eigenvalue weighted by molar-refractivity contribution is 0.155. The summed E-state index contributed by atoms with van der Waals surface area (Å²) in [6.07, 6.45) is 0.0670. The molecule has 0 fully saturated rings. The van der Waals surface area contributed by atoms with Crippen molar-refractivity contribution >= 4 is 27.5 Å². The van der Waals surface area contributed by atoms with Gasteiger partial charge in [-0.3, -0.25) is 0 Å². The Hall–Kier alpha value is -0.320. The third-order valence-electron chi connectivity index (χ3n) is 1.77. The maximum absolute atomic E-state index is 13.1. The van der Waals surface area contributed by atoms with Crippen molar-refractivity contribution in [3.63, 3.8) is 0 Å². The molecule has 0 aromatic heterocycles. The lowest BCUT2D eigenvalue weighted by atomic mass is 10.3. The Bertz CT molecular complexity index is 344. The maximum Gasteiger partial charge on any atom is 0.145 e. The van der Waals surface area contributed by atoms with Gasteiger partial charge in [-0.15, -0.1) is 0 Å². The molecule has 0 aliphatic rings. The zero-order valence-electron chi connectivity index (χ0n) is 8.14. The molecule has 0 bridgehead atoms. The van der Waals surface area contributed by atoms with Crippen molar-refractivity contribution in [1.82, 2.24) is 0 Å². The van der Waals surface area contributed by atoms with Crippen molar-refractivity contribution in [2.24, 2.45) is 0 Å². The molecule has 2 nitrogen and oxygen atoms in total. The molecule has 84 valence electrons. The van der Waals surface area contributed by atoms with Crippen molar-refractivity contribution in [2.75, 3.05) is 6.61 Å². The van der Waals surface area contributed by atoms with Gasteiger partial charge in [0, 0.05) is 12.5 Å². The van der Waals surface area contributed by atoms with Gasteiger partial charge in [0.05, 0.1) is 22.2 Å². The Morgan fingerprint density at radius 1 is 1.60 bits per heavy atom. The quantitative estimate of drug-likeness (QED) is 0.863. The third kappa shape index (κ3) is 3.97. The van der Waals surface area contributed by atoms with E-state index in [-0.39, 0.29) is 5.02 Å². The Labute approximate surface area is 101 Å². The molecular weight excluding hydrogens is 286 g/mol. The van der Waals surface area contributed by atoms with Gasteiger partial charge < -0.3 is 9.84 Å². The molecule has 1 atom stereocenters. The number of hydrogen-bond donors (Lipinski definition) is 1. The van der Waals surface area contributed by atoms with E-state index in [2.05, 4.69) is 15.9 Å². The van der Waals surface area contributed by atoms with E-state index in [1.807, 2.05) is 0 Å². The van der Waals surface area contributed by atoms with Crippen LogP contribution in [0.3, 0.4) is 0 Å². The predicted molar refractivity (Wildman–Crippen MR) is 60.9 cm³/mol. The highest BCUT2D eigenvalue weighted by atomic mass is 79.9. The third-order valence-corrected chi connectivity index (χ3v) is 2.68. The number of benzene rings is 1. The van der Waals surface area contributed by atoms with Crippen LogP contribution in [0.4, 0.5) is 4.39 Å². The number of aliphatic hydroxyl groups excluding tert-OH is 1. The monoisotopic (exact) mass is 296 g/mol. The van der Waals surface area contributed by atoms with Crippen molar-refractivity contribution in [3.05, 3.63) is 27.4 Å². The molecule has 1 rings (SSSR count). The molecule has 0 aliphatic carbocycles. The molecule has 0 spiro atoms. The van der Waals surface area contributed by atoms with Crippen LogP contribution < -0.4 is 4.74 Å². The van der Waals surface area contributed by atoms with E-state index in [1.54, 1.807) is 6.92 Å². The van der Waals surface area contributed by atoms with Crippen LogP contribution in [0.2, 0.25) is 5.02 Å². The first-order valence-electron chi connectivity index (χ1n) is 4.46. The summed E-state index contributed by atoms with van der Waals surface area (Å²) in [5.74, 6) is -0.135. The summed E-state index contributed by atoms with van der Waals surface area (Å²) >= 11 is 8.78. The van der Waals surface area contributed by atoms with E-state index >= 15 is 0 Å². The summed E-state index contributed by atoms with van der Waals surface area (Å²) in [7, 11) is 0. The summed E-state index contributed by atoms with van der Waals surface area (Å²) in [5.41, 5.74) is 0. The molecule has 5 heteroatoms. The van der Waals surface area contributed by atoms with Crippen molar-refractivity contribution in [3.8, 4) is 5.75 Å². The topological polar surface area (TPSA) is 29.5 Å². The van der Waals surface area contributed by atoms with Crippen molar-refractivity contribution < 1.29 is 14.2 Å². The highest BCUT2D eigenvalue weighted by molar-refractivity contribution is 9.10. The number of aliphatic hydroxyl groups is 1. The highest BCUT2D eigenvalue weighted by Crippen LogP contribution is 2.30. The van der Waals surface area contributed by atoms with E-state index < -0.39 is 11.9 Å². The molecule has 0 radical (unpaired) electrons. The lowest BCUT2D eigenvalue weighted by Gasteiger charge is -2.09. The van der Waals surface area contributed by atoms with E-state index in [0.717, 1.165) is 0 Å². The molecule has 1 unspecified atom stereocenters. The van der Waals surface area contributed by atoms with Crippen LogP contribution in [-0.4, -0.2) is 17.8 Å². The first-order valence-corrected chi connectivity index (χ1v) is 5.63. The Morgan fingerprint density at radius 3 is 2.87 bits per heavy atom.